The molecule has 0 aliphatic carbocycles. The largest absolute Gasteiger partial charge is 0.337 e. The van der Waals surface area contributed by atoms with Gasteiger partial charge in [0.1, 0.15) is 11.5 Å². The van der Waals surface area contributed by atoms with Crippen molar-refractivity contribution in [2.24, 2.45) is 0 Å². The summed E-state index contributed by atoms with van der Waals surface area (Å²) in [7, 11) is 0. The molecule has 0 aliphatic rings. The maximum Gasteiger partial charge on any atom is 0.225 e. The Labute approximate surface area is 199 Å². The number of aromatic amines is 2. The van der Waals surface area contributed by atoms with Gasteiger partial charge >= 0.3 is 0 Å². The van der Waals surface area contributed by atoms with Gasteiger partial charge in [0, 0.05) is 41.7 Å². The minimum Gasteiger partial charge on any atom is -0.337 e. The van der Waals surface area contributed by atoms with E-state index in [9.17, 15) is 4.79 Å². The van der Waals surface area contributed by atoms with Crippen molar-refractivity contribution in [3.8, 4) is 33.9 Å². The van der Waals surface area contributed by atoms with Crippen LogP contribution in [0.15, 0.2) is 73.2 Å². The van der Waals surface area contributed by atoms with Crippen LogP contribution in [0.2, 0.25) is 0 Å². The molecule has 0 aliphatic heterocycles. The number of imidazole rings is 1. The van der Waals surface area contributed by atoms with Crippen LogP contribution in [0.1, 0.15) is 13.3 Å². The highest BCUT2D eigenvalue weighted by Crippen LogP contribution is 2.32. The average Bonchev–Trinajstić information content (AvgIpc) is 3.53. The molecule has 0 fully saturated rings. The quantitative estimate of drug-likeness (QED) is 0.333. The number of para-hydroxylation sites is 1. The molecule has 0 saturated carbocycles. The number of hydrogen-bond acceptors (Lipinski definition) is 6. The van der Waals surface area contributed by atoms with Gasteiger partial charge in [0.25, 0.3) is 0 Å². The molecule has 35 heavy (non-hydrogen) atoms. The monoisotopic (exact) mass is 460 g/mol. The highest BCUT2D eigenvalue weighted by Gasteiger charge is 2.16. The van der Waals surface area contributed by atoms with Gasteiger partial charge in [-0.15, -0.1) is 0 Å². The summed E-state index contributed by atoms with van der Waals surface area (Å²) in [5, 5.41) is 11.1. The van der Waals surface area contributed by atoms with Gasteiger partial charge in [-0.05, 0) is 36.4 Å². The fraction of sp³-hybridized carbons (Fsp3) is 0.0769. The predicted octanol–water partition coefficient (Wildman–Crippen LogP) is 4.97. The maximum atomic E-state index is 11.6. The number of fused-ring (bicyclic) bond motifs is 2. The number of pyridine rings is 3. The number of nitrogens with one attached hydrogen (secondary N) is 3. The molecular weight excluding hydrogens is 440 g/mol. The van der Waals surface area contributed by atoms with Crippen LogP contribution in [0, 0.1) is 0 Å². The number of carbonyl (C=O) groups excluding carboxylic acids is 1. The van der Waals surface area contributed by atoms with Crippen molar-refractivity contribution < 1.29 is 4.79 Å². The van der Waals surface area contributed by atoms with Crippen LogP contribution in [0.25, 0.3) is 56.0 Å². The van der Waals surface area contributed by atoms with Crippen molar-refractivity contribution in [1.82, 2.24) is 35.1 Å². The molecule has 0 radical (unpaired) electrons. The molecule has 0 bridgehead atoms. The van der Waals surface area contributed by atoms with Gasteiger partial charge in [0.15, 0.2) is 11.5 Å². The van der Waals surface area contributed by atoms with Crippen molar-refractivity contribution in [3.05, 3.63) is 73.2 Å². The number of anilines is 1. The minimum atomic E-state index is -0.0755. The predicted molar refractivity (Wildman–Crippen MR) is 134 cm³/mol. The number of hydrogen-bond donors (Lipinski definition) is 3. The Morgan fingerprint density at radius 1 is 0.971 bits per heavy atom. The number of nitrogens with zero attached hydrogens (tertiary/aromatic N) is 5. The molecule has 0 saturated heterocycles. The Hall–Kier alpha value is -4.92. The summed E-state index contributed by atoms with van der Waals surface area (Å²) in [6.07, 6.45) is 5.66. The summed E-state index contributed by atoms with van der Waals surface area (Å²) in [5.74, 6) is 1.09. The summed E-state index contributed by atoms with van der Waals surface area (Å²) in [4.78, 5) is 33.2. The summed E-state index contributed by atoms with van der Waals surface area (Å²) in [6, 6.07) is 17.5. The summed E-state index contributed by atoms with van der Waals surface area (Å²) in [6.45, 7) is 1.80. The topological polar surface area (TPSA) is 125 Å². The normalized spacial score (nSPS) is 11.2. The lowest BCUT2D eigenvalue weighted by Gasteiger charge is -2.05. The minimum absolute atomic E-state index is 0.0755. The van der Waals surface area contributed by atoms with Gasteiger partial charge in [0.2, 0.25) is 5.91 Å². The maximum absolute atomic E-state index is 11.6. The van der Waals surface area contributed by atoms with E-state index in [0.29, 0.717) is 29.4 Å². The Bertz CT molecular complexity index is 1670. The summed E-state index contributed by atoms with van der Waals surface area (Å²) < 4.78 is 0. The molecule has 6 rings (SSSR count). The van der Waals surface area contributed by atoms with E-state index in [1.165, 1.54) is 0 Å². The van der Waals surface area contributed by atoms with Crippen LogP contribution in [0.3, 0.4) is 0 Å². The van der Waals surface area contributed by atoms with E-state index in [2.05, 4.69) is 35.5 Å². The Balaban J connectivity index is 1.40. The number of H-pyrrole nitrogens is 2. The highest BCUT2D eigenvalue weighted by atomic mass is 16.1. The third-order valence-electron chi connectivity index (χ3n) is 5.78. The molecule has 9 heteroatoms. The third kappa shape index (κ3) is 3.78. The van der Waals surface area contributed by atoms with Gasteiger partial charge in [-0.1, -0.05) is 25.1 Å². The molecule has 3 N–H and O–H groups in total. The van der Waals surface area contributed by atoms with E-state index in [4.69, 9.17) is 4.98 Å². The molecule has 5 aromatic heterocycles. The lowest BCUT2D eigenvalue weighted by Crippen LogP contribution is -2.10. The van der Waals surface area contributed by atoms with Gasteiger partial charge in [-0.3, -0.25) is 14.9 Å². The van der Waals surface area contributed by atoms with Crippen LogP contribution < -0.4 is 5.32 Å². The molecule has 0 unspecified atom stereocenters. The molecule has 0 atom stereocenters. The fourth-order valence-electron chi connectivity index (χ4n) is 3.98. The van der Waals surface area contributed by atoms with Gasteiger partial charge in [-0.25, -0.2) is 15.0 Å². The second kappa shape index (κ2) is 8.45. The smallest absolute Gasteiger partial charge is 0.225 e. The van der Waals surface area contributed by atoms with Gasteiger partial charge < -0.3 is 10.3 Å². The lowest BCUT2D eigenvalue weighted by atomic mass is 10.1. The van der Waals surface area contributed by atoms with E-state index < -0.39 is 0 Å². The van der Waals surface area contributed by atoms with E-state index in [1.807, 2.05) is 48.5 Å². The second-order valence-electron chi connectivity index (χ2n) is 8.03. The first kappa shape index (κ1) is 20.7. The number of rotatable bonds is 5. The van der Waals surface area contributed by atoms with Crippen molar-refractivity contribution in [2.75, 3.05) is 5.32 Å². The first-order chi connectivity index (χ1) is 17.2. The van der Waals surface area contributed by atoms with Crippen LogP contribution in [0.5, 0.6) is 0 Å². The fourth-order valence-corrected chi connectivity index (χ4v) is 3.98. The zero-order valence-electron chi connectivity index (χ0n) is 18.8. The Morgan fingerprint density at radius 3 is 2.69 bits per heavy atom. The van der Waals surface area contributed by atoms with Crippen molar-refractivity contribution in [2.45, 2.75) is 13.3 Å². The van der Waals surface area contributed by atoms with Crippen molar-refractivity contribution in [1.29, 1.82) is 0 Å². The highest BCUT2D eigenvalue weighted by molar-refractivity contribution is 5.97. The summed E-state index contributed by atoms with van der Waals surface area (Å²) >= 11 is 0. The molecule has 170 valence electrons. The van der Waals surface area contributed by atoms with Crippen LogP contribution in [-0.4, -0.2) is 41.0 Å². The Morgan fingerprint density at radius 2 is 1.89 bits per heavy atom. The molecule has 1 aromatic carbocycles. The van der Waals surface area contributed by atoms with Crippen LogP contribution >= 0.6 is 0 Å². The van der Waals surface area contributed by atoms with Crippen molar-refractivity contribution in [3.63, 3.8) is 0 Å². The molecule has 5 heterocycles. The lowest BCUT2D eigenvalue weighted by molar-refractivity contribution is -0.115. The second-order valence-corrected chi connectivity index (χ2v) is 8.03. The zero-order chi connectivity index (χ0) is 23.8. The van der Waals surface area contributed by atoms with E-state index in [1.54, 1.807) is 31.6 Å². The summed E-state index contributed by atoms with van der Waals surface area (Å²) in [5.41, 5.74) is 6.64. The SMILES string of the molecule is CCC(=O)Nc1ccc(-c2cnc3[nH]nc(-c4nc5c(-c6ccccn6)cccc5[nH]4)c3c2)cn1. The van der Waals surface area contributed by atoms with E-state index >= 15 is 0 Å². The van der Waals surface area contributed by atoms with Crippen molar-refractivity contribution >= 4 is 33.8 Å². The molecule has 6 aromatic rings. The number of benzene rings is 1. The first-order valence-corrected chi connectivity index (χ1v) is 11.2. The van der Waals surface area contributed by atoms with Gasteiger partial charge in [0.05, 0.1) is 22.1 Å². The standard InChI is InChI=1S/C26H20N8O/c1-2-22(35)31-21-10-9-15(13-28-21)16-12-18-24(33-34-25(18)29-14-16)26-30-20-8-5-6-17(23(20)32-26)19-7-3-4-11-27-19/h3-14H,2H2,1H3,(H,30,32)(H,28,31,35)(H,29,33,34). The van der Waals surface area contributed by atoms with Crippen LogP contribution in [0.4, 0.5) is 5.82 Å². The number of aromatic nitrogens is 7. The van der Waals surface area contributed by atoms with E-state index in [0.717, 1.165) is 38.8 Å². The number of amides is 1. The average molecular weight is 461 g/mol. The van der Waals surface area contributed by atoms with E-state index in [-0.39, 0.29) is 5.91 Å². The Kier molecular flexibility index (Phi) is 4.99. The molecule has 1 amide bonds. The molecule has 9 nitrogen and oxygen atoms in total. The molecule has 0 spiro atoms. The molecular formula is C26H20N8O. The first-order valence-electron chi connectivity index (χ1n) is 11.2. The third-order valence-corrected chi connectivity index (χ3v) is 5.78. The number of carbonyl (C=O) groups is 1. The zero-order valence-corrected chi connectivity index (χ0v) is 18.8. The van der Waals surface area contributed by atoms with Gasteiger partial charge in [-0.2, -0.15) is 5.10 Å². The van der Waals surface area contributed by atoms with Crippen LogP contribution in [-0.2, 0) is 4.79 Å².